The Balaban J connectivity index is 2.31. The SMILES string of the molecule is CC(C(=O)c1ccc(F)cc1F)n1cncn1. The summed E-state index contributed by atoms with van der Waals surface area (Å²) in [4.78, 5) is 15.6. The van der Waals surface area contributed by atoms with E-state index in [-0.39, 0.29) is 5.56 Å². The molecule has 0 spiro atoms. The van der Waals surface area contributed by atoms with Gasteiger partial charge in [0.05, 0.1) is 5.56 Å². The van der Waals surface area contributed by atoms with Crippen LogP contribution in [0.1, 0.15) is 23.3 Å². The summed E-state index contributed by atoms with van der Waals surface area (Å²) in [5.74, 6) is -2.07. The molecule has 2 rings (SSSR count). The van der Waals surface area contributed by atoms with Crippen LogP contribution in [0.4, 0.5) is 8.78 Å². The molecule has 0 aliphatic rings. The van der Waals surface area contributed by atoms with Crippen LogP contribution in [0, 0.1) is 11.6 Å². The maximum atomic E-state index is 13.4. The number of hydrogen-bond donors (Lipinski definition) is 0. The van der Waals surface area contributed by atoms with E-state index in [2.05, 4.69) is 10.1 Å². The monoisotopic (exact) mass is 237 g/mol. The first-order valence-corrected chi connectivity index (χ1v) is 4.93. The third-order valence-electron chi connectivity index (χ3n) is 2.41. The summed E-state index contributed by atoms with van der Waals surface area (Å²) in [5, 5.41) is 3.80. The number of carbonyl (C=O) groups is 1. The number of aromatic nitrogens is 3. The van der Waals surface area contributed by atoms with Gasteiger partial charge in [-0.1, -0.05) is 0 Å². The van der Waals surface area contributed by atoms with Gasteiger partial charge in [0.25, 0.3) is 0 Å². The minimum atomic E-state index is -0.873. The molecule has 0 N–H and O–H groups in total. The number of benzene rings is 1. The number of Topliss-reactive ketones (excluding diaryl/α,β-unsaturated/α-hetero) is 1. The van der Waals surface area contributed by atoms with Crippen LogP contribution in [0.25, 0.3) is 0 Å². The zero-order valence-corrected chi connectivity index (χ0v) is 8.97. The van der Waals surface area contributed by atoms with Crippen molar-refractivity contribution in [2.75, 3.05) is 0 Å². The molecule has 6 heteroatoms. The highest BCUT2D eigenvalue weighted by atomic mass is 19.1. The van der Waals surface area contributed by atoms with Gasteiger partial charge in [-0.05, 0) is 19.1 Å². The molecule has 17 heavy (non-hydrogen) atoms. The maximum absolute atomic E-state index is 13.4. The van der Waals surface area contributed by atoms with Crippen molar-refractivity contribution in [3.63, 3.8) is 0 Å². The Morgan fingerprint density at radius 1 is 1.41 bits per heavy atom. The van der Waals surface area contributed by atoms with Crippen molar-refractivity contribution < 1.29 is 13.6 Å². The van der Waals surface area contributed by atoms with Crippen LogP contribution in [-0.4, -0.2) is 20.5 Å². The summed E-state index contributed by atoms with van der Waals surface area (Å²) in [6.07, 6.45) is 2.65. The van der Waals surface area contributed by atoms with Gasteiger partial charge >= 0.3 is 0 Å². The highest BCUT2D eigenvalue weighted by molar-refractivity contribution is 5.98. The van der Waals surface area contributed by atoms with Crippen LogP contribution < -0.4 is 0 Å². The molecule has 0 saturated heterocycles. The molecule has 0 radical (unpaired) electrons. The molecule has 1 heterocycles. The number of hydrogen-bond acceptors (Lipinski definition) is 3. The first kappa shape index (κ1) is 11.4. The Hall–Kier alpha value is -2.11. The smallest absolute Gasteiger partial charge is 0.190 e. The fourth-order valence-corrected chi connectivity index (χ4v) is 1.45. The topological polar surface area (TPSA) is 47.8 Å². The lowest BCUT2D eigenvalue weighted by Crippen LogP contribution is -2.18. The second-order valence-electron chi connectivity index (χ2n) is 3.54. The number of rotatable bonds is 3. The molecule has 1 aromatic heterocycles. The zero-order chi connectivity index (χ0) is 12.4. The van der Waals surface area contributed by atoms with Gasteiger partial charge in [0.15, 0.2) is 5.78 Å². The van der Waals surface area contributed by atoms with Crippen molar-refractivity contribution in [2.45, 2.75) is 13.0 Å². The van der Waals surface area contributed by atoms with Crippen molar-refractivity contribution in [1.82, 2.24) is 14.8 Å². The molecule has 0 bridgehead atoms. The van der Waals surface area contributed by atoms with E-state index in [4.69, 9.17) is 0 Å². The van der Waals surface area contributed by atoms with Crippen LogP contribution in [0.3, 0.4) is 0 Å². The Bertz CT molecular complexity index is 540. The predicted molar refractivity (Wildman–Crippen MR) is 55.4 cm³/mol. The predicted octanol–water partition coefficient (Wildman–Crippen LogP) is 2.00. The van der Waals surface area contributed by atoms with Crippen LogP contribution in [0.2, 0.25) is 0 Å². The Morgan fingerprint density at radius 2 is 2.18 bits per heavy atom. The standard InChI is InChI=1S/C11H9F2N3O/c1-7(16-6-14-5-15-16)11(17)9-3-2-8(12)4-10(9)13/h2-7H,1H3. The molecular formula is C11H9F2N3O. The van der Waals surface area contributed by atoms with Crippen LogP contribution in [0.5, 0.6) is 0 Å². The summed E-state index contributed by atoms with van der Waals surface area (Å²) in [6.45, 7) is 1.57. The second-order valence-corrected chi connectivity index (χ2v) is 3.54. The summed E-state index contributed by atoms with van der Waals surface area (Å²) in [7, 11) is 0. The number of carbonyl (C=O) groups excluding carboxylic acids is 1. The molecule has 1 unspecified atom stereocenters. The first-order chi connectivity index (χ1) is 8.09. The van der Waals surface area contributed by atoms with E-state index >= 15 is 0 Å². The van der Waals surface area contributed by atoms with Gasteiger partial charge in [0.1, 0.15) is 30.3 Å². The lowest BCUT2D eigenvalue weighted by atomic mass is 10.1. The maximum Gasteiger partial charge on any atom is 0.190 e. The molecule has 1 aromatic carbocycles. The Kier molecular flexibility index (Phi) is 2.95. The van der Waals surface area contributed by atoms with E-state index in [1.807, 2.05) is 0 Å². The average molecular weight is 237 g/mol. The quantitative estimate of drug-likeness (QED) is 0.767. The third-order valence-corrected chi connectivity index (χ3v) is 2.41. The molecule has 0 amide bonds. The van der Waals surface area contributed by atoms with Crippen LogP contribution in [0.15, 0.2) is 30.9 Å². The Morgan fingerprint density at radius 3 is 2.76 bits per heavy atom. The zero-order valence-electron chi connectivity index (χ0n) is 8.97. The highest BCUT2D eigenvalue weighted by Crippen LogP contribution is 2.16. The fourth-order valence-electron chi connectivity index (χ4n) is 1.45. The highest BCUT2D eigenvalue weighted by Gasteiger charge is 2.20. The average Bonchev–Trinajstić information content (AvgIpc) is 2.80. The summed E-state index contributed by atoms with van der Waals surface area (Å²) in [5.41, 5.74) is -0.158. The number of nitrogens with zero attached hydrogens (tertiary/aromatic N) is 3. The molecule has 4 nitrogen and oxygen atoms in total. The Labute approximate surface area is 95.9 Å². The van der Waals surface area contributed by atoms with Crippen molar-refractivity contribution in [3.05, 3.63) is 48.1 Å². The molecular weight excluding hydrogens is 228 g/mol. The van der Waals surface area contributed by atoms with E-state index in [0.717, 1.165) is 12.1 Å². The van der Waals surface area contributed by atoms with E-state index < -0.39 is 23.5 Å². The van der Waals surface area contributed by atoms with E-state index in [1.165, 1.54) is 17.3 Å². The molecule has 0 aliphatic heterocycles. The number of ketones is 1. The molecule has 0 aliphatic carbocycles. The van der Waals surface area contributed by atoms with Gasteiger partial charge in [0, 0.05) is 6.07 Å². The summed E-state index contributed by atoms with van der Waals surface area (Å²) >= 11 is 0. The van der Waals surface area contributed by atoms with Gasteiger partial charge < -0.3 is 0 Å². The molecule has 1 atom stereocenters. The molecule has 0 fully saturated rings. The van der Waals surface area contributed by atoms with Crippen molar-refractivity contribution >= 4 is 5.78 Å². The van der Waals surface area contributed by atoms with Gasteiger partial charge in [0.2, 0.25) is 0 Å². The number of halogens is 2. The van der Waals surface area contributed by atoms with Gasteiger partial charge in [-0.2, -0.15) is 5.10 Å². The van der Waals surface area contributed by atoms with Gasteiger partial charge in [-0.15, -0.1) is 0 Å². The normalized spacial score (nSPS) is 12.4. The third kappa shape index (κ3) is 2.20. The summed E-state index contributed by atoms with van der Waals surface area (Å²) in [6, 6.07) is 2.17. The second kappa shape index (κ2) is 4.40. The van der Waals surface area contributed by atoms with E-state index in [1.54, 1.807) is 6.92 Å². The summed E-state index contributed by atoms with van der Waals surface area (Å²) < 4.78 is 27.4. The molecule has 2 aromatic rings. The lowest BCUT2D eigenvalue weighted by molar-refractivity contribution is 0.0923. The van der Waals surface area contributed by atoms with Crippen molar-refractivity contribution in [3.8, 4) is 0 Å². The van der Waals surface area contributed by atoms with Gasteiger partial charge in [-0.3, -0.25) is 4.79 Å². The van der Waals surface area contributed by atoms with E-state index in [9.17, 15) is 13.6 Å². The van der Waals surface area contributed by atoms with Crippen molar-refractivity contribution in [2.24, 2.45) is 0 Å². The molecule has 0 saturated carbocycles. The van der Waals surface area contributed by atoms with Crippen LogP contribution in [-0.2, 0) is 0 Å². The largest absolute Gasteiger partial charge is 0.292 e. The van der Waals surface area contributed by atoms with Crippen molar-refractivity contribution in [1.29, 1.82) is 0 Å². The van der Waals surface area contributed by atoms with Gasteiger partial charge in [-0.25, -0.2) is 18.4 Å². The minimum Gasteiger partial charge on any atom is -0.292 e. The fraction of sp³-hybridized carbons (Fsp3) is 0.182. The first-order valence-electron chi connectivity index (χ1n) is 4.93. The minimum absolute atomic E-state index is 0.158. The molecule has 88 valence electrons. The van der Waals surface area contributed by atoms with E-state index in [0.29, 0.717) is 6.07 Å². The lowest BCUT2D eigenvalue weighted by Gasteiger charge is -2.10. The van der Waals surface area contributed by atoms with Crippen LogP contribution >= 0.6 is 0 Å².